The van der Waals surface area contributed by atoms with Crippen molar-refractivity contribution in [1.29, 1.82) is 0 Å². The Morgan fingerprint density at radius 2 is 1.80 bits per heavy atom. The van der Waals surface area contributed by atoms with E-state index in [9.17, 15) is 9.59 Å². The summed E-state index contributed by atoms with van der Waals surface area (Å²) < 4.78 is 5.02. The van der Waals surface area contributed by atoms with E-state index < -0.39 is 17.6 Å². The molecule has 0 aliphatic rings. The first-order chi connectivity index (χ1) is 6.22. The Morgan fingerprint density at radius 1 is 1.33 bits per heavy atom. The van der Waals surface area contributed by atoms with Crippen LogP contribution in [0.1, 0.15) is 33.6 Å². The molecule has 0 saturated heterocycles. The number of carbonyl (C=O) groups excluding carboxylic acids is 2. The molecule has 5 nitrogen and oxygen atoms in total. The number of primary amides is 1. The molecule has 0 radical (unpaired) electrons. The maximum Gasteiger partial charge on any atom is 0.306 e. The molecule has 0 aromatic heterocycles. The molecule has 0 aliphatic heterocycles. The standard InChI is InChI=1S/C9H18N2O3.ClH/c1-9(2,3)14-7(12)5-4-6(10)8(11)13;/h6H,4-5,10H2,1-3H3,(H2,11,13);1H/t6-;/m1./s1. The van der Waals surface area contributed by atoms with E-state index in [4.69, 9.17) is 16.2 Å². The highest BCUT2D eigenvalue weighted by Gasteiger charge is 2.18. The summed E-state index contributed by atoms with van der Waals surface area (Å²) in [7, 11) is 0. The van der Waals surface area contributed by atoms with Gasteiger partial charge in [0, 0.05) is 6.42 Å². The number of amides is 1. The summed E-state index contributed by atoms with van der Waals surface area (Å²) in [5.74, 6) is -0.970. The van der Waals surface area contributed by atoms with Gasteiger partial charge in [-0.3, -0.25) is 9.59 Å². The van der Waals surface area contributed by atoms with Crippen LogP contribution in [0.2, 0.25) is 0 Å². The highest BCUT2D eigenvalue weighted by Crippen LogP contribution is 2.09. The predicted octanol–water partition coefficient (Wildman–Crippen LogP) is 0.343. The summed E-state index contributed by atoms with van der Waals surface area (Å²) in [4.78, 5) is 21.7. The van der Waals surface area contributed by atoms with Crippen LogP contribution in [-0.4, -0.2) is 23.5 Å². The molecule has 1 atom stereocenters. The van der Waals surface area contributed by atoms with Crippen LogP contribution in [0.25, 0.3) is 0 Å². The Kier molecular flexibility index (Phi) is 7.35. The first kappa shape index (κ1) is 16.6. The van der Waals surface area contributed by atoms with Crippen molar-refractivity contribution >= 4 is 24.3 Å². The summed E-state index contributed by atoms with van der Waals surface area (Å²) in [6, 6.07) is -0.775. The molecular formula is C9H19ClN2O3. The first-order valence-corrected chi connectivity index (χ1v) is 4.49. The quantitative estimate of drug-likeness (QED) is 0.691. The fraction of sp³-hybridized carbons (Fsp3) is 0.778. The molecule has 90 valence electrons. The summed E-state index contributed by atoms with van der Waals surface area (Å²) in [5, 5.41) is 0. The van der Waals surface area contributed by atoms with Crippen molar-refractivity contribution in [2.75, 3.05) is 0 Å². The zero-order valence-electron chi connectivity index (χ0n) is 9.28. The molecule has 4 N–H and O–H groups in total. The van der Waals surface area contributed by atoms with E-state index in [1.807, 2.05) is 0 Å². The maximum absolute atomic E-state index is 11.2. The molecule has 0 unspecified atom stereocenters. The van der Waals surface area contributed by atoms with Crippen molar-refractivity contribution in [3.05, 3.63) is 0 Å². The molecule has 0 rings (SSSR count). The average molecular weight is 239 g/mol. The van der Waals surface area contributed by atoms with Crippen LogP contribution in [0.15, 0.2) is 0 Å². The molecular weight excluding hydrogens is 220 g/mol. The van der Waals surface area contributed by atoms with Gasteiger partial charge in [-0.1, -0.05) is 0 Å². The average Bonchev–Trinajstić information content (AvgIpc) is 1.96. The molecule has 15 heavy (non-hydrogen) atoms. The van der Waals surface area contributed by atoms with Crippen LogP contribution in [0.4, 0.5) is 0 Å². The third-order valence-electron chi connectivity index (χ3n) is 1.44. The lowest BCUT2D eigenvalue weighted by Crippen LogP contribution is -2.37. The Morgan fingerprint density at radius 3 is 2.13 bits per heavy atom. The Hall–Kier alpha value is -0.810. The molecule has 0 aromatic rings. The molecule has 0 aliphatic carbocycles. The summed E-state index contributed by atoms with van der Waals surface area (Å²) in [5.41, 5.74) is 9.77. The van der Waals surface area contributed by atoms with E-state index in [0.29, 0.717) is 0 Å². The SMILES string of the molecule is CC(C)(C)OC(=O)CC[C@@H](N)C(N)=O.Cl. The van der Waals surface area contributed by atoms with Gasteiger partial charge < -0.3 is 16.2 Å². The second-order valence-electron chi connectivity index (χ2n) is 4.13. The van der Waals surface area contributed by atoms with Gasteiger partial charge in [-0.05, 0) is 27.2 Å². The highest BCUT2D eigenvalue weighted by molar-refractivity contribution is 5.85. The maximum atomic E-state index is 11.2. The minimum absolute atomic E-state index is 0. The Labute approximate surface area is 95.9 Å². The van der Waals surface area contributed by atoms with Crippen LogP contribution in [0, 0.1) is 0 Å². The molecule has 0 saturated carbocycles. The predicted molar refractivity (Wildman–Crippen MR) is 59.5 cm³/mol. The zero-order valence-corrected chi connectivity index (χ0v) is 10.1. The van der Waals surface area contributed by atoms with Crippen LogP contribution in [-0.2, 0) is 14.3 Å². The Bertz CT molecular complexity index is 226. The lowest BCUT2D eigenvalue weighted by atomic mass is 10.1. The molecule has 0 fully saturated rings. The van der Waals surface area contributed by atoms with E-state index in [-0.39, 0.29) is 31.2 Å². The molecule has 0 heterocycles. The van der Waals surface area contributed by atoms with Crippen molar-refractivity contribution in [2.45, 2.75) is 45.3 Å². The zero-order chi connectivity index (χ0) is 11.4. The second kappa shape index (κ2) is 6.63. The van der Waals surface area contributed by atoms with E-state index >= 15 is 0 Å². The van der Waals surface area contributed by atoms with E-state index in [2.05, 4.69) is 0 Å². The van der Waals surface area contributed by atoms with Gasteiger partial charge in [-0.25, -0.2) is 0 Å². The lowest BCUT2D eigenvalue weighted by molar-refractivity contribution is -0.155. The van der Waals surface area contributed by atoms with Gasteiger partial charge in [-0.2, -0.15) is 0 Å². The normalized spacial score (nSPS) is 12.5. The van der Waals surface area contributed by atoms with Gasteiger partial charge in [0.05, 0.1) is 6.04 Å². The smallest absolute Gasteiger partial charge is 0.306 e. The number of rotatable bonds is 4. The number of nitrogens with two attached hydrogens (primary N) is 2. The molecule has 6 heteroatoms. The number of hydrogen-bond acceptors (Lipinski definition) is 4. The van der Waals surface area contributed by atoms with Gasteiger partial charge in [0.2, 0.25) is 5.91 Å². The number of esters is 1. The van der Waals surface area contributed by atoms with E-state index in [0.717, 1.165) is 0 Å². The van der Waals surface area contributed by atoms with Crippen molar-refractivity contribution in [2.24, 2.45) is 11.5 Å². The van der Waals surface area contributed by atoms with Gasteiger partial charge in [0.25, 0.3) is 0 Å². The monoisotopic (exact) mass is 238 g/mol. The summed E-state index contributed by atoms with van der Waals surface area (Å²) in [6.07, 6.45) is 0.339. The van der Waals surface area contributed by atoms with Crippen LogP contribution in [0.3, 0.4) is 0 Å². The van der Waals surface area contributed by atoms with E-state index in [1.54, 1.807) is 20.8 Å². The fourth-order valence-electron chi connectivity index (χ4n) is 0.808. The highest BCUT2D eigenvalue weighted by atomic mass is 35.5. The molecule has 0 bridgehead atoms. The summed E-state index contributed by atoms with van der Waals surface area (Å²) >= 11 is 0. The van der Waals surface area contributed by atoms with Crippen LogP contribution < -0.4 is 11.5 Å². The summed E-state index contributed by atoms with van der Waals surface area (Å²) in [6.45, 7) is 5.33. The minimum Gasteiger partial charge on any atom is -0.460 e. The second-order valence-corrected chi connectivity index (χ2v) is 4.13. The third kappa shape index (κ3) is 9.49. The number of ether oxygens (including phenoxy) is 1. The van der Waals surface area contributed by atoms with Crippen molar-refractivity contribution in [3.8, 4) is 0 Å². The topological polar surface area (TPSA) is 95.4 Å². The largest absolute Gasteiger partial charge is 0.460 e. The number of halogens is 1. The van der Waals surface area contributed by atoms with Crippen molar-refractivity contribution < 1.29 is 14.3 Å². The molecule has 1 amide bonds. The fourth-order valence-corrected chi connectivity index (χ4v) is 0.808. The van der Waals surface area contributed by atoms with Crippen molar-refractivity contribution in [3.63, 3.8) is 0 Å². The van der Waals surface area contributed by atoms with Gasteiger partial charge >= 0.3 is 5.97 Å². The number of hydrogen-bond donors (Lipinski definition) is 2. The van der Waals surface area contributed by atoms with Crippen LogP contribution >= 0.6 is 12.4 Å². The first-order valence-electron chi connectivity index (χ1n) is 4.49. The van der Waals surface area contributed by atoms with Gasteiger partial charge in [0.15, 0.2) is 0 Å². The van der Waals surface area contributed by atoms with E-state index in [1.165, 1.54) is 0 Å². The van der Waals surface area contributed by atoms with Crippen molar-refractivity contribution in [1.82, 2.24) is 0 Å². The van der Waals surface area contributed by atoms with Gasteiger partial charge in [-0.15, -0.1) is 12.4 Å². The molecule has 0 aromatic carbocycles. The third-order valence-corrected chi connectivity index (χ3v) is 1.44. The van der Waals surface area contributed by atoms with Gasteiger partial charge in [0.1, 0.15) is 5.60 Å². The minimum atomic E-state index is -0.775. The lowest BCUT2D eigenvalue weighted by Gasteiger charge is -2.19. The molecule has 0 spiro atoms. The Balaban J connectivity index is 0. The number of carbonyl (C=O) groups is 2. The van der Waals surface area contributed by atoms with Crippen LogP contribution in [0.5, 0.6) is 0 Å².